The van der Waals surface area contributed by atoms with Gasteiger partial charge in [0.25, 0.3) is 17.4 Å². The number of hydrogen-bond donors (Lipinski definition) is 2. The van der Waals surface area contributed by atoms with E-state index >= 15 is 0 Å². The number of aromatic nitrogens is 1. The largest absolute Gasteiger partial charge is 0.502 e. The molecule has 2 saturated carbocycles. The van der Waals surface area contributed by atoms with Gasteiger partial charge in [0.1, 0.15) is 29.3 Å². The Bertz CT molecular complexity index is 1610. The van der Waals surface area contributed by atoms with Gasteiger partial charge in [-0.25, -0.2) is 4.39 Å². The van der Waals surface area contributed by atoms with Gasteiger partial charge in [-0.15, -0.1) is 0 Å². The van der Waals surface area contributed by atoms with Gasteiger partial charge in [-0.05, 0) is 75.0 Å². The van der Waals surface area contributed by atoms with Crippen LogP contribution in [-0.4, -0.2) is 62.5 Å². The number of esters is 1. The lowest BCUT2D eigenvalue weighted by Crippen LogP contribution is -2.57. The number of halogens is 2. The average Bonchev–Trinajstić information content (AvgIpc) is 3.33. The van der Waals surface area contributed by atoms with Crippen LogP contribution in [0.15, 0.2) is 23.0 Å². The summed E-state index contributed by atoms with van der Waals surface area (Å²) in [6, 6.07) is 3.38. The van der Waals surface area contributed by atoms with Gasteiger partial charge in [0.15, 0.2) is 5.75 Å². The summed E-state index contributed by atoms with van der Waals surface area (Å²) in [4.78, 5) is 57.9. The molecule has 0 saturated heterocycles. The van der Waals surface area contributed by atoms with E-state index in [4.69, 9.17) is 22.1 Å². The number of nitrogens with zero attached hydrogens (tertiary/aromatic N) is 3. The summed E-state index contributed by atoms with van der Waals surface area (Å²) >= 11 is 5.94. The van der Waals surface area contributed by atoms with Crippen LogP contribution in [0.3, 0.4) is 0 Å². The lowest BCUT2D eigenvalue weighted by molar-refractivity contribution is -0.152. The van der Waals surface area contributed by atoms with Gasteiger partial charge in [-0.2, -0.15) is 0 Å². The fourth-order valence-corrected chi connectivity index (χ4v) is 8.07. The minimum atomic E-state index is -1.01. The monoisotopic (exact) mass is 628 g/mol. The lowest BCUT2D eigenvalue weighted by Gasteiger charge is -2.47. The van der Waals surface area contributed by atoms with E-state index in [1.807, 2.05) is 13.8 Å². The molecule has 2 aliphatic heterocycles. The first-order chi connectivity index (χ1) is 20.8. The van der Waals surface area contributed by atoms with Crippen LogP contribution < -0.4 is 11.3 Å². The Kier molecular flexibility index (Phi) is 7.76. The Morgan fingerprint density at radius 2 is 1.93 bits per heavy atom. The maximum Gasteiger partial charge on any atom is 0.323 e. The summed E-state index contributed by atoms with van der Waals surface area (Å²) in [5.74, 6) is -2.24. The minimum absolute atomic E-state index is 0.00737. The highest BCUT2D eigenvalue weighted by Crippen LogP contribution is 2.60. The Hall–Kier alpha value is -3.44. The van der Waals surface area contributed by atoms with Crippen molar-refractivity contribution in [2.75, 3.05) is 13.1 Å². The molecule has 3 N–H and O–H groups in total. The molecule has 236 valence electrons. The van der Waals surface area contributed by atoms with Crippen molar-refractivity contribution in [2.24, 2.45) is 23.5 Å². The molecular formula is C32H38ClFN4O6. The zero-order valence-electron chi connectivity index (χ0n) is 25.1. The quantitative estimate of drug-likeness (QED) is 0.425. The highest BCUT2D eigenvalue weighted by atomic mass is 35.5. The molecule has 5 atom stereocenters. The molecular weight excluding hydrogens is 591 g/mol. The third kappa shape index (κ3) is 4.70. The van der Waals surface area contributed by atoms with Crippen molar-refractivity contribution in [1.29, 1.82) is 0 Å². The van der Waals surface area contributed by atoms with Crippen LogP contribution in [0.4, 0.5) is 4.39 Å². The zero-order chi connectivity index (χ0) is 31.7. The summed E-state index contributed by atoms with van der Waals surface area (Å²) in [5, 5.41) is 11.2. The van der Waals surface area contributed by atoms with Crippen molar-refractivity contribution >= 4 is 29.4 Å². The van der Waals surface area contributed by atoms with Gasteiger partial charge in [0, 0.05) is 24.6 Å². The van der Waals surface area contributed by atoms with E-state index in [9.17, 15) is 28.7 Å². The van der Waals surface area contributed by atoms with Crippen molar-refractivity contribution in [3.8, 4) is 5.75 Å². The highest BCUT2D eigenvalue weighted by molar-refractivity contribution is 6.30. The first-order valence-electron chi connectivity index (χ1n) is 15.4. The Morgan fingerprint density at radius 3 is 2.57 bits per heavy atom. The van der Waals surface area contributed by atoms with E-state index < -0.39 is 52.7 Å². The number of ether oxygens (including phenoxy) is 1. The number of amides is 2. The van der Waals surface area contributed by atoms with E-state index in [0.29, 0.717) is 29.9 Å². The van der Waals surface area contributed by atoms with Gasteiger partial charge in [-0.1, -0.05) is 31.5 Å². The number of aromatic hydroxyl groups is 1. The Labute approximate surface area is 259 Å². The molecule has 2 fully saturated rings. The number of carbonyl (C=O) groups excluding carboxylic acids is 3. The van der Waals surface area contributed by atoms with Crippen molar-refractivity contribution in [3.05, 3.63) is 61.8 Å². The Morgan fingerprint density at radius 1 is 1.18 bits per heavy atom. The molecule has 6 rings (SSSR count). The van der Waals surface area contributed by atoms with Crippen LogP contribution >= 0.6 is 11.6 Å². The van der Waals surface area contributed by atoms with Crippen LogP contribution in [0.5, 0.6) is 5.75 Å². The van der Waals surface area contributed by atoms with Crippen molar-refractivity contribution in [3.63, 3.8) is 0 Å². The number of carbonyl (C=O) groups is 3. The topological polar surface area (TPSA) is 135 Å². The summed E-state index contributed by atoms with van der Waals surface area (Å²) < 4.78 is 20.8. The van der Waals surface area contributed by atoms with Crippen LogP contribution in [0.2, 0.25) is 5.02 Å². The van der Waals surface area contributed by atoms with Crippen LogP contribution in [0.25, 0.3) is 0 Å². The third-order valence-corrected chi connectivity index (χ3v) is 10.2. The van der Waals surface area contributed by atoms with Crippen LogP contribution in [-0.2, 0) is 28.2 Å². The van der Waals surface area contributed by atoms with Crippen molar-refractivity contribution < 1.29 is 28.6 Å². The number of nitrogens with two attached hydrogens (primary N) is 1. The molecule has 44 heavy (non-hydrogen) atoms. The van der Waals surface area contributed by atoms with E-state index in [1.54, 1.807) is 11.8 Å². The second-order valence-electron chi connectivity index (χ2n) is 13.2. The van der Waals surface area contributed by atoms with E-state index in [0.717, 1.165) is 19.3 Å². The molecule has 0 bridgehead atoms. The molecule has 12 heteroatoms. The fraction of sp³-hybridized carbons (Fsp3) is 0.562. The third-order valence-electron chi connectivity index (χ3n) is 9.93. The van der Waals surface area contributed by atoms with E-state index in [2.05, 4.69) is 0 Å². The SMILES string of the molecule is CC(C)CC(N)C(=O)OC(C)CN1C(=O)c2c3c(c(O)c(=O)n2C12CCC1CCC12)C(=O)N(Cc1ccc(F)c(Cl)c1)CC3. The number of fused-ring (bicyclic) bond motifs is 6. The van der Waals surface area contributed by atoms with Crippen molar-refractivity contribution in [1.82, 2.24) is 14.4 Å². The fourth-order valence-electron chi connectivity index (χ4n) is 7.86. The number of pyridine rings is 1. The van der Waals surface area contributed by atoms with Gasteiger partial charge in [0.05, 0.1) is 17.1 Å². The molecule has 0 radical (unpaired) electrons. The average molecular weight is 629 g/mol. The summed E-state index contributed by atoms with van der Waals surface area (Å²) in [5.41, 5.74) is 5.16. The molecule has 1 spiro atoms. The van der Waals surface area contributed by atoms with Gasteiger partial charge in [0.2, 0.25) is 0 Å². The zero-order valence-corrected chi connectivity index (χ0v) is 25.9. The first-order valence-corrected chi connectivity index (χ1v) is 15.8. The number of benzene rings is 1. The lowest BCUT2D eigenvalue weighted by atomic mass is 9.72. The first kappa shape index (κ1) is 30.6. The predicted molar refractivity (Wildman–Crippen MR) is 160 cm³/mol. The van der Waals surface area contributed by atoms with Crippen molar-refractivity contribution in [2.45, 2.75) is 83.6 Å². The van der Waals surface area contributed by atoms with E-state index in [-0.39, 0.29) is 54.2 Å². The molecule has 5 unspecified atom stereocenters. The second-order valence-corrected chi connectivity index (χ2v) is 13.6. The maximum absolute atomic E-state index is 14.4. The molecule has 10 nitrogen and oxygen atoms in total. The molecule has 2 aromatic rings. The molecule has 2 amide bonds. The van der Waals surface area contributed by atoms with Gasteiger partial charge < -0.3 is 25.4 Å². The van der Waals surface area contributed by atoms with Gasteiger partial charge >= 0.3 is 5.97 Å². The summed E-state index contributed by atoms with van der Waals surface area (Å²) in [7, 11) is 0. The minimum Gasteiger partial charge on any atom is -0.502 e. The molecule has 2 aliphatic carbocycles. The summed E-state index contributed by atoms with van der Waals surface area (Å²) in [6.07, 6.45) is 3.15. The molecule has 1 aromatic carbocycles. The van der Waals surface area contributed by atoms with Crippen LogP contribution in [0.1, 0.15) is 84.8 Å². The van der Waals surface area contributed by atoms with Gasteiger partial charge in [-0.3, -0.25) is 23.7 Å². The smallest absolute Gasteiger partial charge is 0.323 e. The van der Waals surface area contributed by atoms with Crippen LogP contribution in [0, 0.1) is 23.6 Å². The number of hydrogen-bond acceptors (Lipinski definition) is 7. The second kappa shape index (κ2) is 11.2. The molecule has 3 heterocycles. The highest BCUT2D eigenvalue weighted by Gasteiger charge is 2.64. The Balaban J connectivity index is 1.36. The van der Waals surface area contributed by atoms with E-state index in [1.165, 1.54) is 27.7 Å². The molecule has 1 aromatic heterocycles. The standard InChI is InChI=1S/C32H38ClFN4O6/c1-16(2)12-24(35)31(43)44-17(3)14-37-29(41)26-20-9-11-36(15-18-4-7-23(34)22(33)13-18)28(40)25(20)27(39)30(42)38(26)32(37)10-8-19-5-6-21(19)32/h4,7,13,16-17,19,21,24,39H,5-6,8-12,14-15,35H2,1-3H3. The normalized spacial score (nSPS) is 25.2. The molecule has 4 aliphatic rings. The maximum atomic E-state index is 14.4. The predicted octanol–water partition coefficient (Wildman–Crippen LogP) is 3.78. The summed E-state index contributed by atoms with van der Waals surface area (Å²) in [6.45, 7) is 5.99. The number of rotatable bonds is 8.